The molecule has 24 heavy (non-hydrogen) atoms. The topological polar surface area (TPSA) is 67.0 Å². The summed E-state index contributed by atoms with van der Waals surface area (Å²) in [5.41, 5.74) is 1.87. The zero-order valence-corrected chi connectivity index (χ0v) is 14.4. The van der Waals surface area contributed by atoms with Crippen LogP contribution in [-0.4, -0.2) is 28.7 Å². The third kappa shape index (κ3) is 3.89. The molecule has 0 radical (unpaired) electrons. The number of aromatic nitrogens is 2. The molecule has 0 unspecified atom stereocenters. The Hall–Kier alpha value is -2.47. The van der Waals surface area contributed by atoms with Crippen LogP contribution in [0.5, 0.6) is 5.75 Å². The zero-order chi connectivity index (χ0) is 16.9. The van der Waals surface area contributed by atoms with Crippen molar-refractivity contribution in [1.82, 2.24) is 15.3 Å². The predicted molar refractivity (Wildman–Crippen MR) is 96.4 cm³/mol. The minimum atomic E-state index is -0.171. The molecule has 124 valence electrons. The summed E-state index contributed by atoms with van der Waals surface area (Å²) in [7, 11) is 1.63. The lowest BCUT2D eigenvalue weighted by Crippen LogP contribution is -2.28. The van der Waals surface area contributed by atoms with Crippen molar-refractivity contribution in [2.45, 2.75) is 17.9 Å². The molecule has 0 aliphatic carbocycles. The summed E-state index contributed by atoms with van der Waals surface area (Å²) in [6, 6.07) is 15.3. The van der Waals surface area contributed by atoms with Crippen LogP contribution in [-0.2, 0) is 4.79 Å². The van der Waals surface area contributed by atoms with E-state index in [4.69, 9.17) is 4.74 Å². The van der Waals surface area contributed by atoms with Crippen LogP contribution in [0.4, 0.5) is 0 Å². The predicted octanol–water partition coefficient (Wildman–Crippen LogP) is 3.54. The third-order valence-electron chi connectivity index (χ3n) is 3.61. The zero-order valence-electron chi connectivity index (χ0n) is 13.6. The molecule has 0 aliphatic rings. The SMILES string of the molecule is COc1cccc(SCC(=O)N[C@@H](C)c2nc3ccccc3[nH]2)c1. The second-order valence-corrected chi connectivity index (χ2v) is 6.44. The highest BCUT2D eigenvalue weighted by Crippen LogP contribution is 2.23. The average Bonchev–Trinajstić information content (AvgIpc) is 3.04. The Balaban J connectivity index is 1.57. The molecule has 2 aromatic carbocycles. The highest BCUT2D eigenvalue weighted by Gasteiger charge is 2.13. The van der Waals surface area contributed by atoms with Crippen molar-refractivity contribution < 1.29 is 9.53 Å². The van der Waals surface area contributed by atoms with Gasteiger partial charge in [0.05, 0.1) is 29.9 Å². The highest BCUT2D eigenvalue weighted by molar-refractivity contribution is 8.00. The number of amides is 1. The lowest BCUT2D eigenvalue weighted by Gasteiger charge is -2.11. The van der Waals surface area contributed by atoms with Gasteiger partial charge in [0.2, 0.25) is 5.91 Å². The molecule has 2 N–H and O–H groups in total. The summed E-state index contributed by atoms with van der Waals surface area (Å²) in [6.07, 6.45) is 0. The first-order valence-corrected chi connectivity index (χ1v) is 8.65. The van der Waals surface area contributed by atoms with Crippen molar-refractivity contribution in [3.8, 4) is 5.75 Å². The van der Waals surface area contributed by atoms with Crippen LogP contribution in [0.15, 0.2) is 53.4 Å². The molecule has 1 amide bonds. The number of methoxy groups -OCH3 is 1. The summed E-state index contributed by atoms with van der Waals surface area (Å²) in [4.78, 5) is 20.9. The van der Waals surface area contributed by atoms with Crippen molar-refractivity contribution in [1.29, 1.82) is 0 Å². The lowest BCUT2D eigenvalue weighted by molar-refractivity contribution is -0.119. The van der Waals surface area contributed by atoms with Crippen LogP contribution >= 0.6 is 11.8 Å². The van der Waals surface area contributed by atoms with Gasteiger partial charge >= 0.3 is 0 Å². The first-order valence-electron chi connectivity index (χ1n) is 7.66. The Labute approximate surface area is 144 Å². The molecule has 0 aliphatic heterocycles. The molecule has 1 heterocycles. The van der Waals surface area contributed by atoms with E-state index in [9.17, 15) is 4.79 Å². The third-order valence-corrected chi connectivity index (χ3v) is 4.60. The number of benzene rings is 2. The van der Waals surface area contributed by atoms with Gasteiger partial charge in [-0.25, -0.2) is 4.98 Å². The number of para-hydroxylation sites is 2. The number of thioether (sulfide) groups is 1. The molecule has 3 rings (SSSR count). The van der Waals surface area contributed by atoms with E-state index in [-0.39, 0.29) is 11.9 Å². The Kier molecular flexibility index (Phi) is 5.05. The lowest BCUT2D eigenvalue weighted by atomic mass is 10.3. The summed E-state index contributed by atoms with van der Waals surface area (Å²) in [5.74, 6) is 1.86. The van der Waals surface area contributed by atoms with Crippen molar-refractivity contribution >= 4 is 28.7 Å². The number of H-pyrrole nitrogens is 1. The Morgan fingerprint density at radius 3 is 2.92 bits per heavy atom. The van der Waals surface area contributed by atoms with Gasteiger partial charge in [0.15, 0.2) is 0 Å². The van der Waals surface area contributed by atoms with Gasteiger partial charge < -0.3 is 15.0 Å². The van der Waals surface area contributed by atoms with Crippen LogP contribution in [0.25, 0.3) is 11.0 Å². The second kappa shape index (κ2) is 7.40. The number of nitrogens with zero attached hydrogens (tertiary/aromatic N) is 1. The van der Waals surface area contributed by atoms with Crippen molar-refractivity contribution in [2.24, 2.45) is 0 Å². The second-order valence-electron chi connectivity index (χ2n) is 5.40. The van der Waals surface area contributed by atoms with Gasteiger partial charge in [-0.15, -0.1) is 11.8 Å². The van der Waals surface area contributed by atoms with E-state index < -0.39 is 0 Å². The largest absolute Gasteiger partial charge is 0.497 e. The minimum Gasteiger partial charge on any atom is -0.497 e. The molecule has 0 saturated heterocycles. The maximum absolute atomic E-state index is 12.2. The quantitative estimate of drug-likeness (QED) is 0.673. The summed E-state index contributed by atoms with van der Waals surface area (Å²) >= 11 is 1.48. The molecular formula is C18H19N3O2S. The van der Waals surface area contributed by atoms with E-state index >= 15 is 0 Å². The molecule has 0 saturated carbocycles. The van der Waals surface area contributed by atoms with Crippen LogP contribution in [0, 0.1) is 0 Å². The smallest absolute Gasteiger partial charge is 0.230 e. The molecule has 0 spiro atoms. The normalized spacial score (nSPS) is 12.1. The van der Waals surface area contributed by atoms with Crippen LogP contribution < -0.4 is 10.1 Å². The van der Waals surface area contributed by atoms with Crippen LogP contribution in [0.2, 0.25) is 0 Å². The maximum Gasteiger partial charge on any atom is 0.230 e. The van der Waals surface area contributed by atoms with Crippen LogP contribution in [0.3, 0.4) is 0 Å². The fraction of sp³-hybridized carbons (Fsp3) is 0.222. The number of nitrogens with one attached hydrogen (secondary N) is 2. The number of hydrogen-bond donors (Lipinski definition) is 2. The monoisotopic (exact) mass is 341 g/mol. The van der Waals surface area contributed by atoms with E-state index in [0.29, 0.717) is 5.75 Å². The number of carbonyl (C=O) groups excluding carboxylic acids is 1. The molecule has 0 bridgehead atoms. The van der Waals surface area contributed by atoms with E-state index in [1.54, 1.807) is 7.11 Å². The van der Waals surface area contributed by atoms with Gasteiger partial charge in [-0.1, -0.05) is 18.2 Å². The van der Waals surface area contributed by atoms with E-state index in [1.807, 2.05) is 55.5 Å². The Bertz CT molecular complexity index is 814. The highest BCUT2D eigenvalue weighted by atomic mass is 32.2. The Morgan fingerprint density at radius 1 is 1.29 bits per heavy atom. The van der Waals surface area contributed by atoms with Gasteiger partial charge in [-0.3, -0.25) is 4.79 Å². The summed E-state index contributed by atoms with van der Waals surface area (Å²) < 4.78 is 5.19. The molecule has 0 fully saturated rings. The number of hydrogen-bond acceptors (Lipinski definition) is 4. The van der Waals surface area contributed by atoms with Gasteiger partial charge in [-0.2, -0.15) is 0 Å². The molecule has 5 nitrogen and oxygen atoms in total. The van der Waals surface area contributed by atoms with Crippen LogP contribution in [0.1, 0.15) is 18.8 Å². The summed E-state index contributed by atoms with van der Waals surface area (Å²) in [5, 5.41) is 2.97. The van der Waals surface area contributed by atoms with Gasteiger partial charge in [0, 0.05) is 4.90 Å². The number of imidazole rings is 1. The Morgan fingerprint density at radius 2 is 2.12 bits per heavy atom. The number of rotatable bonds is 6. The molecule has 1 aromatic heterocycles. The van der Waals surface area contributed by atoms with E-state index in [0.717, 1.165) is 27.5 Å². The van der Waals surface area contributed by atoms with Gasteiger partial charge in [0.25, 0.3) is 0 Å². The standard InChI is InChI=1S/C18H19N3O2S/c1-12(18-20-15-8-3-4-9-16(15)21-18)19-17(22)11-24-14-7-5-6-13(10-14)23-2/h3-10,12H,11H2,1-2H3,(H,19,22)(H,20,21)/t12-/m0/s1. The first-order chi connectivity index (χ1) is 11.7. The minimum absolute atomic E-state index is 0.0317. The van der Waals surface area contributed by atoms with E-state index in [2.05, 4.69) is 15.3 Å². The maximum atomic E-state index is 12.2. The van der Waals surface area contributed by atoms with Crippen molar-refractivity contribution in [2.75, 3.05) is 12.9 Å². The molecule has 6 heteroatoms. The molecule has 3 aromatic rings. The number of carbonyl (C=O) groups is 1. The first kappa shape index (κ1) is 16.4. The fourth-order valence-electron chi connectivity index (χ4n) is 2.37. The molecule has 1 atom stereocenters. The fourth-order valence-corrected chi connectivity index (χ4v) is 3.12. The average molecular weight is 341 g/mol. The number of ether oxygens (including phenoxy) is 1. The summed E-state index contributed by atoms with van der Waals surface area (Å²) in [6.45, 7) is 1.92. The number of fused-ring (bicyclic) bond motifs is 1. The van der Waals surface area contributed by atoms with Gasteiger partial charge in [-0.05, 0) is 37.3 Å². The van der Waals surface area contributed by atoms with Gasteiger partial charge in [0.1, 0.15) is 11.6 Å². The van der Waals surface area contributed by atoms with E-state index in [1.165, 1.54) is 11.8 Å². The van der Waals surface area contributed by atoms with Crippen molar-refractivity contribution in [3.05, 3.63) is 54.4 Å². The number of aromatic amines is 1. The molecular weight excluding hydrogens is 322 g/mol. The van der Waals surface area contributed by atoms with Crippen molar-refractivity contribution in [3.63, 3.8) is 0 Å².